The smallest absolute Gasteiger partial charge is 0.237 e. The van der Waals surface area contributed by atoms with E-state index in [1.54, 1.807) is 13.3 Å². The maximum absolute atomic E-state index is 13.2. The Kier molecular flexibility index (Phi) is 6.44. The maximum atomic E-state index is 13.2. The minimum Gasteiger partial charge on any atom is -0.497 e. The number of carbonyl (C=O) groups excluding carboxylic acids is 1. The Labute approximate surface area is 177 Å². The number of ether oxygens (including phenoxy) is 2. The second kappa shape index (κ2) is 9.40. The van der Waals surface area contributed by atoms with Gasteiger partial charge in [-0.15, -0.1) is 0 Å². The highest BCUT2D eigenvalue weighted by Crippen LogP contribution is 2.36. The van der Waals surface area contributed by atoms with Crippen molar-refractivity contribution < 1.29 is 14.3 Å². The minimum atomic E-state index is -0.112. The summed E-state index contributed by atoms with van der Waals surface area (Å²) in [6, 6.07) is 7.69. The molecule has 2 saturated heterocycles. The zero-order chi connectivity index (χ0) is 20.9. The summed E-state index contributed by atoms with van der Waals surface area (Å²) < 4.78 is 10.8. The number of carbonyl (C=O) groups is 1. The molecule has 3 heterocycles. The van der Waals surface area contributed by atoms with Crippen molar-refractivity contribution in [3.63, 3.8) is 0 Å². The molecule has 4 rings (SSSR count). The first-order chi connectivity index (χ1) is 14.7. The Hall–Kier alpha value is -2.71. The van der Waals surface area contributed by atoms with Crippen LogP contribution in [0.1, 0.15) is 31.0 Å². The third-order valence-electron chi connectivity index (χ3n) is 5.82. The SMILES string of the molecule is COc1cccc(-c2cnc(N)nc2C2CCCCN2C(=O)CN2CCOCC2)c1. The highest BCUT2D eigenvalue weighted by Gasteiger charge is 2.32. The van der Waals surface area contributed by atoms with Gasteiger partial charge in [0.1, 0.15) is 5.75 Å². The largest absolute Gasteiger partial charge is 0.497 e. The third kappa shape index (κ3) is 4.55. The average molecular weight is 412 g/mol. The maximum Gasteiger partial charge on any atom is 0.237 e. The van der Waals surface area contributed by atoms with Crippen LogP contribution in [-0.4, -0.2) is 72.2 Å². The standard InChI is InChI=1S/C22H29N5O3/c1-29-17-6-4-5-16(13-17)18-14-24-22(23)25-21(18)19-7-2-3-8-27(19)20(28)15-26-9-11-30-12-10-26/h4-6,13-14,19H,2-3,7-12,15H2,1H3,(H2,23,24,25). The first kappa shape index (κ1) is 20.6. The molecule has 1 aromatic heterocycles. The predicted molar refractivity (Wildman–Crippen MR) is 114 cm³/mol. The number of anilines is 1. The Morgan fingerprint density at radius 1 is 1.27 bits per heavy atom. The number of amides is 1. The van der Waals surface area contributed by atoms with Crippen LogP contribution in [-0.2, 0) is 9.53 Å². The first-order valence-electron chi connectivity index (χ1n) is 10.5. The van der Waals surface area contributed by atoms with E-state index < -0.39 is 0 Å². The number of nitrogens with zero attached hydrogens (tertiary/aromatic N) is 4. The number of nitrogen functional groups attached to an aromatic ring is 1. The van der Waals surface area contributed by atoms with Gasteiger partial charge in [0.15, 0.2) is 0 Å². The van der Waals surface area contributed by atoms with Crippen LogP contribution < -0.4 is 10.5 Å². The zero-order valence-electron chi connectivity index (χ0n) is 17.4. The number of methoxy groups -OCH3 is 1. The number of benzene rings is 1. The van der Waals surface area contributed by atoms with Gasteiger partial charge in [-0.1, -0.05) is 12.1 Å². The van der Waals surface area contributed by atoms with E-state index in [0.29, 0.717) is 19.8 Å². The minimum absolute atomic E-state index is 0.112. The quantitative estimate of drug-likeness (QED) is 0.805. The summed E-state index contributed by atoms with van der Waals surface area (Å²) in [6.45, 7) is 4.09. The summed E-state index contributed by atoms with van der Waals surface area (Å²) in [4.78, 5) is 26.2. The fourth-order valence-corrected chi connectivity index (χ4v) is 4.23. The number of hydrogen-bond acceptors (Lipinski definition) is 7. The van der Waals surface area contributed by atoms with E-state index in [1.165, 1.54) is 0 Å². The van der Waals surface area contributed by atoms with Crippen molar-refractivity contribution in [3.05, 3.63) is 36.2 Å². The summed E-state index contributed by atoms with van der Waals surface area (Å²) in [5, 5.41) is 0. The Morgan fingerprint density at radius 2 is 2.10 bits per heavy atom. The second-order valence-electron chi connectivity index (χ2n) is 7.75. The topological polar surface area (TPSA) is 93.8 Å². The number of nitrogens with two attached hydrogens (primary N) is 1. The lowest BCUT2D eigenvalue weighted by atomic mass is 9.93. The summed E-state index contributed by atoms with van der Waals surface area (Å²) in [7, 11) is 1.65. The predicted octanol–water partition coefficient (Wildman–Crippen LogP) is 2.12. The molecule has 1 aromatic carbocycles. The van der Waals surface area contributed by atoms with Crippen molar-refractivity contribution in [3.8, 4) is 16.9 Å². The van der Waals surface area contributed by atoms with Crippen LogP contribution in [0.3, 0.4) is 0 Å². The fraction of sp³-hybridized carbons (Fsp3) is 0.500. The molecule has 2 N–H and O–H groups in total. The van der Waals surface area contributed by atoms with Gasteiger partial charge in [-0.25, -0.2) is 9.97 Å². The van der Waals surface area contributed by atoms with Gasteiger partial charge >= 0.3 is 0 Å². The second-order valence-corrected chi connectivity index (χ2v) is 7.75. The molecule has 8 heteroatoms. The molecule has 2 aromatic rings. The number of rotatable bonds is 5. The van der Waals surface area contributed by atoms with Crippen LogP contribution in [0.25, 0.3) is 11.1 Å². The number of morpholine rings is 1. The van der Waals surface area contributed by atoms with E-state index in [0.717, 1.165) is 61.5 Å². The lowest BCUT2D eigenvalue weighted by Crippen LogP contribution is -2.47. The molecule has 0 spiro atoms. The lowest BCUT2D eigenvalue weighted by molar-refractivity contribution is -0.137. The Balaban J connectivity index is 1.64. The highest BCUT2D eigenvalue weighted by atomic mass is 16.5. The van der Waals surface area contributed by atoms with Gasteiger partial charge in [-0.2, -0.15) is 0 Å². The lowest BCUT2D eigenvalue weighted by Gasteiger charge is -2.38. The molecule has 1 amide bonds. The number of piperidine rings is 1. The van der Waals surface area contributed by atoms with Gasteiger partial charge in [-0.3, -0.25) is 9.69 Å². The van der Waals surface area contributed by atoms with Crippen LogP contribution in [0.4, 0.5) is 5.95 Å². The van der Waals surface area contributed by atoms with Crippen molar-refractivity contribution in [1.29, 1.82) is 0 Å². The van der Waals surface area contributed by atoms with Crippen LogP contribution >= 0.6 is 0 Å². The van der Waals surface area contributed by atoms with E-state index in [4.69, 9.17) is 15.2 Å². The van der Waals surface area contributed by atoms with Gasteiger partial charge in [0.2, 0.25) is 11.9 Å². The fourth-order valence-electron chi connectivity index (χ4n) is 4.23. The van der Waals surface area contributed by atoms with Crippen molar-refractivity contribution in [2.75, 3.05) is 52.2 Å². The molecule has 2 fully saturated rings. The molecule has 30 heavy (non-hydrogen) atoms. The molecular weight excluding hydrogens is 382 g/mol. The van der Waals surface area contributed by atoms with E-state index in [2.05, 4.69) is 14.9 Å². The van der Waals surface area contributed by atoms with Crippen molar-refractivity contribution in [2.24, 2.45) is 0 Å². The number of aromatic nitrogens is 2. The van der Waals surface area contributed by atoms with Crippen molar-refractivity contribution in [1.82, 2.24) is 19.8 Å². The Morgan fingerprint density at radius 3 is 2.90 bits per heavy atom. The summed E-state index contributed by atoms with van der Waals surface area (Å²) in [6.07, 6.45) is 4.67. The van der Waals surface area contributed by atoms with Gasteiger partial charge in [0.05, 0.1) is 38.6 Å². The van der Waals surface area contributed by atoms with E-state index >= 15 is 0 Å². The molecule has 0 saturated carbocycles. The van der Waals surface area contributed by atoms with Gasteiger partial charge in [0, 0.05) is 31.4 Å². The number of hydrogen-bond donors (Lipinski definition) is 1. The van der Waals surface area contributed by atoms with Crippen molar-refractivity contribution >= 4 is 11.9 Å². The molecule has 8 nitrogen and oxygen atoms in total. The normalized spacial score (nSPS) is 20.2. The van der Waals surface area contributed by atoms with E-state index in [9.17, 15) is 4.79 Å². The van der Waals surface area contributed by atoms with Crippen molar-refractivity contribution in [2.45, 2.75) is 25.3 Å². The Bertz CT molecular complexity index is 885. The van der Waals surface area contributed by atoms with E-state index in [-0.39, 0.29) is 17.9 Å². The molecule has 0 aliphatic carbocycles. The van der Waals surface area contributed by atoms with Gasteiger partial charge in [0.25, 0.3) is 0 Å². The van der Waals surface area contributed by atoms with Crippen LogP contribution in [0.5, 0.6) is 5.75 Å². The zero-order valence-corrected chi connectivity index (χ0v) is 17.4. The number of likely N-dealkylation sites (tertiary alicyclic amines) is 1. The van der Waals surface area contributed by atoms with Crippen LogP contribution in [0, 0.1) is 0 Å². The van der Waals surface area contributed by atoms with Gasteiger partial charge < -0.3 is 20.1 Å². The van der Waals surface area contributed by atoms with Gasteiger partial charge in [-0.05, 0) is 37.0 Å². The molecule has 160 valence electrons. The molecule has 0 radical (unpaired) electrons. The average Bonchev–Trinajstić information content (AvgIpc) is 2.79. The van der Waals surface area contributed by atoms with E-state index in [1.807, 2.05) is 29.2 Å². The summed E-state index contributed by atoms with van der Waals surface area (Å²) in [5.41, 5.74) is 8.62. The molecule has 2 aliphatic heterocycles. The highest BCUT2D eigenvalue weighted by molar-refractivity contribution is 5.79. The monoisotopic (exact) mass is 411 g/mol. The molecule has 1 atom stereocenters. The van der Waals surface area contributed by atoms with Crippen LogP contribution in [0.15, 0.2) is 30.5 Å². The molecule has 1 unspecified atom stereocenters. The van der Waals surface area contributed by atoms with Crippen LogP contribution in [0.2, 0.25) is 0 Å². The third-order valence-corrected chi connectivity index (χ3v) is 5.82. The molecular formula is C22H29N5O3. The summed E-state index contributed by atoms with van der Waals surface area (Å²) >= 11 is 0. The molecule has 0 bridgehead atoms. The summed E-state index contributed by atoms with van der Waals surface area (Å²) in [5.74, 6) is 1.12. The molecule has 2 aliphatic rings. The first-order valence-corrected chi connectivity index (χ1v) is 10.5.